The van der Waals surface area contributed by atoms with E-state index in [0.29, 0.717) is 42.9 Å². The van der Waals surface area contributed by atoms with Crippen LogP contribution in [0, 0.1) is 11.8 Å². The summed E-state index contributed by atoms with van der Waals surface area (Å²) in [6.45, 7) is 2.21. The van der Waals surface area contributed by atoms with Gasteiger partial charge in [-0.05, 0) is 37.5 Å². The molecule has 0 radical (unpaired) electrons. The second-order valence-electron chi connectivity index (χ2n) is 6.73. The van der Waals surface area contributed by atoms with E-state index in [1.165, 1.54) is 12.8 Å². The first-order valence-electron chi connectivity index (χ1n) is 8.71. The molecule has 1 aliphatic carbocycles. The van der Waals surface area contributed by atoms with Crippen LogP contribution in [-0.4, -0.2) is 53.4 Å². The molecule has 1 aromatic heterocycles. The van der Waals surface area contributed by atoms with Crippen LogP contribution in [0.3, 0.4) is 0 Å². The molecule has 0 unspecified atom stereocenters. The molecule has 2 heterocycles. The molecule has 0 atom stereocenters. The van der Waals surface area contributed by atoms with E-state index in [1.54, 1.807) is 19.4 Å². The molecular weight excluding hydrogens is 306 g/mol. The van der Waals surface area contributed by atoms with Crippen molar-refractivity contribution in [1.29, 1.82) is 0 Å². The lowest BCUT2D eigenvalue weighted by Crippen LogP contribution is -2.40. The molecule has 1 saturated heterocycles. The SMILES string of the molecule is CNc1ncc(C(=O)N2CCC(CC(=O)NCC3CC3)CC2)cn1. The number of carbonyl (C=O) groups excluding carboxylic acids is 2. The van der Waals surface area contributed by atoms with Crippen LogP contribution in [0.1, 0.15) is 42.5 Å². The number of carbonyl (C=O) groups is 2. The minimum absolute atomic E-state index is 0.0331. The van der Waals surface area contributed by atoms with E-state index in [4.69, 9.17) is 0 Å². The van der Waals surface area contributed by atoms with E-state index in [1.807, 2.05) is 4.90 Å². The lowest BCUT2D eigenvalue weighted by molar-refractivity contribution is -0.122. The Kier molecular flexibility index (Phi) is 5.27. The number of piperidine rings is 1. The molecule has 2 aliphatic rings. The second-order valence-corrected chi connectivity index (χ2v) is 6.73. The number of hydrogen-bond acceptors (Lipinski definition) is 5. The Hall–Kier alpha value is -2.18. The molecule has 1 saturated carbocycles. The normalized spacial score (nSPS) is 18.3. The average Bonchev–Trinajstić information content (AvgIpc) is 3.44. The fraction of sp³-hybridized carbons (Fsp3) is 0.647. The molecule has 2 N–H and O–H groups in total. The van der Waals surface area contributed by atoms with Gasteiger partial charge in [-0.25, -0.2) is 9.97 Å². The molecule has 7 heteroatoms. The molecule has 2 amide bonds. The van der Waals surface area contributed by atoms with Crippen LogP contribution in [0.25, 0.3) is 0 Å². The molecule has 1 aromatic rings. The van der Waals surface area contributed by atoms with Crippen LogP contribution >= 0.6 is 0 Å². The third-order valence-corrected chi connectivity index (χ3v) is 4.78. The first-order chi connectivity index (χ1) is 11.7. The number of hydrogen-bond donors (Lipinski definition) is 2. The van der Waals surface area contributed by atoms with E-state index in [9.17, 15) is 9.59 Å². The maximum absolute atomic E-state index is 12.5. The van der Waals surface area contributed by atoms with Gasteiger partial charge in [0.25, 0.3) is 5.91 Å². The van der Waals surface area contributed by atoms with Gasteiger partial charge in [-0.2, -0.15) is 0 Å². The molecule has 2 fully saturated rings. The van der Waals surface area contributed by atoms with Gasteiger partial charge in [0.2, 0.25) is 11.9 Å². The van der Waals surface area contributed by atoms with Crippen LogP contribution in [0.15, 0.2) is 12.4 Å². The van der Waals surface area contributed by atoms with Gasteiger partial charge in [-0.3, -0.25) is 9.59 Å². The van der Waals surface area contributed by atoms with Crippen LogP contribution < -0.4 is 10.6 Å². The maximum atomic E-state index is 12.5. The van der Waals surface area contributed by atoms with Crippen molar-refractivity contribution < 1.29 is 9.59 Å². The summed E-state index contributed by atoms with van der Waals surface area (Å²) in [4.78, 5) is 34.4. The van der Waals surface area contributed by atoms with Gasteiger partial charge in [-0.1, -0.05) is 0 Å². The first-order valence-corrected chi connectivity index (χ1v) is 8.71. The van der Waals surface area contributed by atoms with Crippen molar-refractivity contribution >= 4 is 17.8 Å². The quantitative estimate of drug-likeness (QED) is 0.820. The Morgan fingerprint density at radius 3 is 2.38 bits per heavy atom. The summed E-state index contributed by atoms with van der Waals surface area (Å²) in [6.07, 6.45) is 7.93. The van der Waals surface area contributed by atoms with Gasteiger partial charge >= 0.3 is 0 Å². The Morgan fingerprint density at radius 1 is 1.12 bits per heavy atom. The predicted octanol–water partition coefficient (Wildman–Crippen LogP) is 1.29. The zero-order chi connectivity index (χ0) is 16.9. The van der Waals surface area contributed by atoms with Crippen LogP contribution in [0.2, 0.25) is 0 Å². The summed E-state index contributed by atoms with van der Waals surface area (Å²) < 4.78 is 0. The molecule has 0 aromatic carbocycles. The van der Waals surface area contributed by atoms with Crippen molar-refractivity contribution in [3.05, 3.63) is 18.0 Å². The number of nitrogens with zero attached hydrogens (tertiary/aromatic N) is 3. The Bertz CT molecular complexity index is 577. The fourth-order valence-electron chi connectivity index (χ4n) is 3.00. The van der Waals surface area contributed by atoms with Gasteiger partial charge in [0.15, 0.2) is 0 Å². The largest absolute Gasteiger partial charge is 0.357 e. The van der Waals surface area contributed by atoms with Crippen molar-refractivity contribution in [2.75, 3.05) is 32.0 Å². The van der Waals surface area contributed by atoms with E-state index < -0.39 is 0 Å². The van der Waals surface area contributed by atoms with Crippen LogP contribution in [0.4, 0.5) is 5.95 Å². The van der Waals surface area contributed by atoms with E-state index in [2.05, 4.69) is 20.6 Å². The molecule has 0 spiro atoms. The Balaban J connectivity index is 1.43. The van der Waals surface area contributed by atoms with E-state index >= 15 is 0 Å². The molecule has 7 nitrogen and oxygen atoms in total. The van der Waals surface area contributed by atoms with Gasteiger partial charge in [0.1, 0.15) is 0 Å². The highest BCUT2D eigenvalue weighted by Gasteiger charge is 2.26. The third kappa shape index (κ3) is 4.43. The van der Waals surface area contributed by atoms with Gasteiger partial charge in [-0.15, -0.1) is 0 Å². The van der Waals surface area contributed by atoms with Gasteiger partial charge < -0.3 is 15.5 Å². The summed E-state index contributed by atoms with van der Waals surface area (Å²) in [5.41, 5.74) is 0.509. The van der Waals surface area contributed by atoms with Crippen molar-refractivity contribution in [2.24, 2.45) is 11.8 Å². The predicted molar refractivity (Wildman–Crippen MR) is 90.6 cm³/mol. The minimum atomic E-state index is -0.0331. The lowest BCUT2D eigenvalue weighted by atomic mass is 9.93. The summed E-state index contributed by atoms with van der Waals surface area (Å²) in [5.74, 6) is 1.71. The minimum Gasteiger partial charge on any atom is -0.357 e. The topological polar surface area (TPSA) is 87.2 Å². The van der Waals surface area contributed by atoms with Gasteiger partial charge in [0.05, 0.1) is 5.56 Å². The van der Waals surface area contributed by atoms with Crippen LogP contribution in [0.5, 0.6) is 0 Å². The summed E-state index contributed by atoms with van der Waals surface area (Å²) in [6, 6.07) is 0. The Labute approximate surface area is 142 Å². The highest BCUT2D eigenvalue weighted by atomic mass is 16.2. The van der Waals surface area contributed by atoms with E-state index in [-0.39, 0.29) is 11.8 Å². The summed E-state index contributed by atoms with van der Waals surface area (Å²) in [7, 11) is 1.74. The number of aromatic nitrogens is 2. The van der Waals surface area contributed by atoms with Crippen molar-refractivity contribution in [1.82, 2.24) is 20.2 Å². The van der Waals surface area contributed by atoms with Gasteiger partial charge in [0, 0.05) is 45.5 Å². The average molecular weight is 331 g/mol. The highest BCUT2D eigenvalue weighted by molar-refractivity contribution is 5.93. The molecule has 24 heavy (non-hydrogen) atoms. The zero-order valence-electron chi connectivity index (χ0n) is 14.1. The monoisotopic (exact) mass is 331 g/mol. The molecule has 3 rings (SSSR count). The number of nitrogens with one attached hydrogen (secondary N) is 2. The molecule has 0 bridgehead atoms. The number of amides is 2. The fourth-order valence-corrected chi connectivity index (χ4v) is 3.00. The second kappa shape index (κ2) is 7.59. The van der Waals surface area contributed by atoms with Crippen LogP contribution in [-0.2, 0) is 4.79 Å². The highest BCUT2D eigenvalue weighted by Crippen LogP contribution is 2.28. The zero-order valence-corrected chi connectivity index (χ0v) is 14.1. The summed E-state index contributed by atoms with van der Waals surface area (Å²) in [5, 5.41) is 5.85. The molecule has 1 aliphatic heterocycles. The molecule has 130 valence electrons. The first kappa shape index (κ1) is 16.7. The maximum Gasteiger partial charge on any atom is 0.256 e. The Morgan fingerprint density at radius 2 is 1.79 bits per heavy atom. The van der Waals surface area contributed by atoms with Crippen molar-refractivity contribution in [3.8, 4) is 0 Å². The van der Waals surface area contributed by atoms with E-state index in [0.717, 1.165) is 19.4 Å². The van der Waals surface area contributed by atoms with Crippen molar-refractivity contribution in [2.45, 2.75) is 32.1 Å². The number of anilines is 1. The lowest BCUT2D eigenvalue weighted by Gasteiger charge is -2.31. The number of rotatable bonds is 6. The smallest absolute Gasteiger partial charge is 0.256 e. The standard InChI is InChI=1S/C17H25N5O2/c1-18-17-20-10-14(11-21-17)16(24)22-6-4-12(5-7-22)8-15(23)19-9-13-2-3-13/h10-13H,2-9H2,1H3,(H,19,23)(H,18,20,21). The third-order valence-electron chi connectivity index (χ3n) is 4.78. The molecular formula is C17H25N5O2. The van der Waals surface area contributed by atoms with Crippen molar-refractivity contribution in [3.63, 3.8) is 0 Å². The number of likely N-dealkylation sites (tertiary alicyclic amines) is 1. The summed E-state index contributed by atoms with van der Waals surface area (Å²) >= 11 is 0.